The third-order valence-electron chi connectivity index (χ3n) is 2.58. The minimum absolute atomic E-state index is 0.449. The summed E-state index contributed by atoms with van der Waals surface area (Å²) in [4.78, 5) is 0. The van der Waals surface area contributed by atoms with Gasteiger partial charge in [-0.15, -0.1) is 10.2 Å². The fraction of sp³-hybridized carbons (Fsp3) is 0.333. The molecular formula is C12H14ClN3S. The summed E-state index contributed by atoms with van der Waals surface area (Å²) in [6.07, 6.45) is 2.09. The molecule has 90 valence electrons. The molecule has 0 saturated carbocycles. The van der Waals surface area contributed by atoms with E-state index in [4.69, 9.17) is 11.6 Å². The SMILES string of the molecule is CSC(C)Cn1c(Cl)nnc1-c1ccccc1. The van der Waals surface area contributed by atoms with E-state index in [9.17, 15) is 0 Å². The minimum atomic E-state index is 0.449. The number of benzene rings is 1. The minimum Gasteiger partial charge on any atom is -0.297 e. The summed E-state index contributed by atoms with van der Waals surface area (Å²) in [7, 11) is 0. The predicted octanol–water partition coefficient (Wildman–Crippen LogP) is 3.35. The fourth-order valence-electron chi connectivity index (χ4n) is 1.58. The topological polar surface area (TPSA) is 30.7 Å². The summed E-state index contributed by atoms with van der Waals surface area (Å²) in [6, 6.07) is 9.98. The second kappa shape index (κ2) is 5.56. The first-order valence-corrected chi connectivity index (χ1v) is 7.06. The van der Waals surface area contributed by atoms with Crippen molar-refractivity contribution in [2.75, 3.05) is 6.26 Å². The summed E-state index contributed by atoms with van der Waals surface area (Å²) < 4.78 is 1.96. The van der Waals surface area contributed by atoms with E-state index >= 15 is 0 Å². The Morgan fingerprint density at radius 3 is 2.65 bits per heavy atom. The van der Waals surface area contributed by atoms with Gasteiger partial charge in [0.1, 0.15) is 0 Å². The number of halogens is 1. The number of nitrogens with zero attached hydrogens (tertiary/aromatic N) is 3. The smallest absolute Gasteiger partial charge is 0.225 e. The highest BCUT2D eigenvalue weighted by Gasteiger charge is 2.13. The Hall–Kier alpha value is -1.00. The number of aromatic nitrogens is 3. The first-order chi connectivity index (χ1) is 8.22. The van der Waals surface area contributed by atoms with Crippen LogP contribution in [0.25, 0.3) is 11.4 Å². The molecule has 0 bridgehead atoms. The lowest BCUT2D eigenvalue weighted by atomic mass is 10.2. The van der Waals surface area contributed by atoms with Gasteiger partial charge in [-0.05, 0) is 17.9 Å². The molecule has 0 saturated heterocycles. The molecule has 0 radical (unpaired) electrons. The van der Waals surface area contributed by atoms with Crippen molar-refractivity contribution < 1.29 is 0 Å². The van der Waals surface area contributed by atoms with E-state index in [2.05, 4.69) is 23.4 Å². The molecule has 0 N–H and O–H groups in total. The molecule has 1 aromatic carbocycles. The van der Waals surface area contributed by atoms with Gasteiger partial charge in [-0.25, -0.2) is 0 Å². The highest BCUT2D eigenvalue weighted by Crippen LogP contribution is 2.22. The van der Waals surface area contributed by atoms with E-state index in [1.54, 1.807) is 11.8 Å². The van der Waals surface area contributed by atoms with Crippen LogP contribution in [0.5, 0.6) is 0 Å². The standard InChI is InChI=1S/C12H14ClN3S/c1-9(17-2)8-16-11(14-15-12(16)13)10-6-4-3-5-7-10/h3-7,9H,8H2,1-2H3. The molecule has 17 heavy (non-hydrogen) atoms. The Labute approximate surface area is 110 Å². The molecule has 0 aliphatic heterocycles. The Balaban J connectivity index is 2.36. The van der Waals surface area contributed by atoms with Crippen molar-refractivity contribution in [1.29, 1.82) is 0 Å². The highest BCUT2D eigenvalue weighted by atomic mass is 35.5. The molecule has 0 amide bonds. The largest absolute Gasteiger partial charge is 0.297 e. The van der Waals surface area contributed by atoms with E-state index in [0.717, 1.165) is 17.9 Å². The predicted molar refractivity (Wildman–Crippen MR) is 73.4 cm³/mol. The van der Waals surface area contributed by atoms with Crippen molar-refractivity contribution in [1.82, 2.24) is 14.8 Å². The van der Waals surface area contributed by atoms with Gasteiger partial charge in [0.2, 0.25) is 5.28 Å². The van der Waals surface area contributed by atoms with Crippen LogP contribution in [-0.2, 0) is 6.54 Å². The summed E-state index contributed by atoms with van der Waals surface area (Å²) in [5.41, 5.74) is 1.04. The normalized spacial score (nSPS) is 12.6. The quantitative estimate of drug-likeness (QED) is 0.851. The van der Waals surface area contributed by atoms with E-state index in [1.165, 1.54) is 0 Å². The Bertz CT molecular complexity index is 484. The molecule has 2 rings (SSSR count). The van der Waals surface area contributed by atoms with Gasteiger partial charge in [0, 0.05) is 17.4 Å². The van der Waals surface area contributed by atoms with Crippen molar-refractivity contribution in [3.05, 3.63) is 35.6 Å². The van der Waals surface area contributed by atoms with Gasteiger partial charge >= 0.3 is 0 Å². The van der Waals surface area contributed by atoms with Gasteiger partial charge in [0.05, 0.1) is 0 Å². The number of thioether (sulfide) groups is 1. The molecule has 0 fully saturated rings. The second-order valence-electron chi connectivity index (χ2n) is 3.82. The average molecular weight is 268 g/mol. The zero-order chi connectivity index (χ0) is 12.3. The lowest BCUT2D eigenvalue weighted by molar-refractivity contribution is 0.697. The third-order valence-corrected chi connectivity index (χ3v) is 3.81. The van der Waals surface area contributed by atoms with E-state index in [0.29, 0.717) is 10.5 Å². The van der Waals surface area contributed by atoms with Crippen molar-refractivity contribution in [3.63, 3.8) is 0 Å². The van der Waals surface area contributed by atoms with Crippen LogP contribution in [0, 0.1) is 0 Å². The van der Waals surface area contributed by atoms with Gasteiger partial charge in [-0.2, -0.15) is 11.8 Å². The zero-order valence-electron chi connectivity index (χ0n) is 9.80. The van der Waals surface area contributed by atoms with Crippen molar-refractivity contribution in [2.45, 2.75) is 18.7 Å². The maximum atomic E-state index is 6.08. The summed E-state index contributed by atoms with van der Waals surface area (Å²) in [6.45, 7) is 2.98. The molecule has 1 unspecified atom stereocenters. The van der Waals surface area contributed by atoms with Crippen LogP contribution in [-0.4, -0.2) is 26.3 Å². The van der Waals surface area contributed by atoms with Crippen LogP contribution < -0.4 is 0 Å². The molecule has 0 aliphatic carbocycles. The molecule has 5 heteroatoms. The van der Waals surface area contributed by atoms with Gasteiger partial charge in [-0.1, -0.05) is 37.3 Å². The van der Waals surface area contributed by atoms with E-state index < -0.39 is 0 Å². The van der Waals surface area contributed by atoms with Gasteiger partial charge in [-0.3, -0.25) is 4.57 Å². The fourth-order valence-corrected chi connectivity index (χ4v) is 2.06. The maximum absolute atomic E-state index is 6.08. The molecule has 2 aromatic rings. The number of hydrogen-bond acceptors (Lipinski definition) is 3. The zero-order valence-corrected chi connectivity index (χ0v) is 11.4. The Kier molecular flexibility index (Phi) is 4.07. The molecule has 3 nitrogen and oxygen atoms in total. The average Bonchev–Trinajstić information content (AvgIpc) is 2.72. The van der Waals surface area contributed by atoms with Crippen LogP contribution in [0.15, 0.2) is 30.3 Å². The Morgan fingerprint density at radius 2 is 2.00 bits per heavy atom. The van der Waals surface area contributed by atoms with Crippen molar-refractivity contribution in [2.24, 2.45) is 0 Å². The molecule has 0 spiro atoms. The Morgan fingerprint density at radius 1 is 1.29 bits per heavy atom. The molecule has 1 heterocycles. The van der Waals surface area contributed by atoms with Crippen LogP contribution in [0.3, 0.4) is 0 Å². The molecule has 0 aliphatic rings. The van der Waals surface area contributed by atoms with E-state index in [-0.39, 0.29) is 0 Å². The van der Waals surface area contributed by atoms with Crippen molar-refractivity contribution in [3.8, 4) is 11.4 Å². The van der Waals surface area contributed by atoms with Gasteiger partial charge in [0.15, 0.2) is 5.82 Å². The first-order valence-electron chi connectivity index (χ1n) is 5.39. The van der Waals surface area contributed by atoms with Crippen LogP contribution in [0.1, 0.15) is 6.92 Å². The van der Waals surface area contributed by atoms with Crippen molar-refractivity contribution >= 4 is 23.4 Å². The lowest BCUT2D eigenvalue weighted by Crippen LogP contribution is -2.10. The van der Waals surface area contributed by atoms with E-state index in [1.807, 2.05) is 34.9 Å². The van der Waals surface area contributed by atoms with Gasteiger partial charge < -0.3 is 0 Å². The summed E-state index contributed by atoms with van der Waals surface area (Å²) in [5.74, 6) is 0.830. The summed E-state index contributed by atoms with van der Waals surface area (Å²) >= 11 is 7.88. The molecular weight excluding hydrogens is 254 g/mol. The first kappa shape index (κ1) is 12.5. The van der Waals surface area contributed by atoms with Crippen LogP contribution >= 0.6 is 23.4 Å². The van der Waals surface area contributed by atoms with Gasteiger partial charge in [0.25, 0.3) is 0 Å². The molecule has 1 atom stereocenters. The second-order valence-corrected chi connectivity index (χ2v) is 5.43. The summed E-state index contributed by atoms with van der Waals surface area (Å²) in [5, 5.41) is 9.02. The third kappa shape index (κ3) is 2.82. The van der Waals surface area contributed by atoms with Crippen LogP contribution in [0.4, 0.5) is 0 Å². The maximum Gasteiger partial charge on any atom is 0.225 e. The number of hydrogen-bond donors (Lipinski definition) is 0. The van der Waals surface area contributed by atoms with Crippen LogP contribution in [0.2, 0.25) is 5.28 Å². The lowest BCUT2D eigenvalue weighted by Gasteiger charge is -2.12. The number of rotatable bonds is 4. The monoisotopic (exact) mass is 267 g/mol. The molecule has 1 aromatic heterocycles. The highest BCUT2D eigenvalue weighted by molar-refractivity contribution is 7.99.